The van der Waals surface area contributed by atoms with Gasteiger partial charge in [0.2, 0.25) is 11.8 Å². The van der Waals surface area contributed by atoms with Crippen molar-refractivity contribution in [2.45, 2.75) is 19.0 Å². The summed E-state index contributed by atoms with van der Waals surface area (Å²) in [7, 11) is 1.49. The van der Waals surface area contributed by atoms with Gasteiger partial charge in [0.1, 0.15) is 6.04 Å². The number of nitro groups is 1. The quantitative estimate of drug-likeness (QED) is 0.282. The Morgan fingerprint density at radius 1 is 1.09 bits per heavy atom. The number of fused-ring (bicyclic) bond motifs is 5. The number of ketones is 1. The number of hydrogen-bond donors (Lipinski definition) is 0. The number of rotatable bonds is 6. The first-order valence-corrected chi connectivity index (χ1v) is 11.0. The van der Waals surface area contributed by atoms with E-state index in [0.717, 1.165) is 16.8 Å². The summed E-state index contributed by atoms with van der Waals surface area (Å²) in [6.07, 6.45) is 1.95. The normalized spacial score (nSPS) is 25.1. The first kappa shape index (κ1) is 22.0. The maximum absolute atomic E-state index is 13.9. The molecule has 4 atom stereocenters. The third-order valence-corrected chi connectivity index (χ3v) is 6.98. The fourth-order valence-corrected chi connectivity index (χ4v) is 5.51. The molecule has 9 nitrogen and oxygen atoms in total. The van der Waals surface area contributed by atoms with Gasteiger partial charge in [-0.1, -0.05) is 36.4 Å². The molecule has 5 rings (SSSR count). The molecule has 2 fully saturated rings. The molecule has 0 bridgehead atoms. The standard InChI is InChI=1S/C25H23N3O6/c1-14-12-19-20-21(25(31)26(24(20)30)10-11-34-2)22(27(19)18-9-4-3-8-17(14)18)23(29)15-6-5-7-16(13-15)28(32)33/h3-9,12-13,19-22H,10-11H2,1-2H3/t19-,20+,21+,22-/m1/s1. The summed E-state index contributed by atoms with van der Waals surface area (Å²) in [6.45, 7) is 2.27. The molecule has 0 radical (unpaired) electrons. The molecule has 0 aliphatic carbocycles. The van der Waals surface area contributed by atoms with Crippen molar-refractivity contribution in [3.05, 3.63) is 75.8 Å². The van der Waals surface area contributed by atoms with Gasteiger partial charge in [-0.3, -0.25) is 29.4 Å². The number of para-hydroxylation sites is 1. The van der Waals surface area contributed by atoms with Gasteiger partial charge in [-0.15, -0.1) is 0 Å². The largest absolute Gasteiger partial charge is 0.383 e. The van der Waals surface area contributed by atoms with Crippen molar-refractivity contribution in [3.63, 3.8) is 0 Å². The van der Waals surface area contributed by atoms with Gasteiger partial charge in [0.05, 0.1) is 36.0 Å². The number of Topliss-reactive ketones (excluding diaryl/α,β-unsaturated/α-hetero) is 1. The lowest BCUT2D eigenvalue weighted by Gasteiger charge is -2.38. The van der Waals surface area contributed by atoms with E-state index in [1.54, 1.807) is 0 Å². The van der Waals surface area contributed by atoms with Crippen molar-refractivity contribution >= 4 is 34.5 Å². The molecule has 0 unspecified atom stereocenters. The predicted molar refractivity (Wildman–Crippen MR) is 123 cm³/mol. The number of benzene rings is 2. The average Bonchev–Trinajstić information content (AvgIpc) is 3.30. The molecule has 3 aliphatic rings. The number of amides is 2. The maximum Gasteiger partial charge on any atom is 0.270 e. The molecule has 3 aliphatic heterocycles. The van der Waals surface area contributed by atoms with E-state index in [0.29, 0.717) is 0 Å². The van der Waals surface area contributed by atoms with Crippen LogP contribution in [0.3, 0.4) is 0 Å². The number of hydrogen-bond acceptors (Lipinski definition) is 7. The van der Waals surface area contributed by atoms with E-state index in [9.17, 15) is 24.5 Å². The van der Waals surface area contributed by atoms with E-state index >= 15 is 0 Å². The SMILES string of the molecule is COCCN1C(=O)[C@@H]2[C@H](C1=O)[C@H](C(=O)c1cccc([N+](=O)[O-])c1)N1c3ccccc3C(C)=C[C@H]21. The lowest BCUT2D eigenvalue weighted by Crippen LogP contribution is -2.49. The third kappa shape index (κ3) is 3.15. The number of carbonyl (C=O) groups excluding carboxylic acids is 3. The number of nitro benzene ring substituents is 1. The predicted octanol–water partition coefficient (Wildman–Crippen LogP) is 2.70. The number of ether oxygens (including phenoxy) is 1. The van der Waals surface area contributed by atoms with Crippen LogP contribution < -0.4 is 4.90 Å². The van der Waals surface area contributed by atoms with E-state index in [-0.39, 0.29) is 30.3 Å². The lowest BCUT2D eigenvalue weighted by atomic mass is 9.85. The molecule has 2 saturated heterocycles. The van der Waals surface area contributed by atoms with Crippen molar-refractivity contribution in [2.75, 3.05) is 25.2 Å². The average molecular weight is 461 g/mol. The Labute approximate surface area is 195 Å². The maximum atomic E-state index is 13.9. The van der Waals surface area contributed by atoms with Gasteiger partial charge in [-0.25, -0.2) is 0 Å². The number of allylic oxidation sites excluding steroid dienone is 1. The molecule has 0 saturated carbocycles. The zero-order valence-corrected chi connectivity index (χ0v) is 18.7. The zero-order chi connectivity index (χ0) is 24.1. The molecule has 174 valence electrons. The van der Waals surface area contributed by atoms with E-state index < -0.39 is 40.5 Å². The van der Waals surface area contributed by atoms with Gasteiger partial charge in [-0.05, 0) is 18.6 Å². The molecule has 0 aromatic heterocycles. The second-order valence-corrected chi connectivity index (χ2v) is 8.75. The minimum absolute atomic E-state index is 0.116. The number of methoxy groups -OCH3 is 1. The van der Waals surface area contributed by atoms with Crippen LogP contribution in [0.5, 0.6) is 0 Å². The fourth-order valence-electron chi connectivity index (χ4n) is 5.51. The van der Waals surface area contributed by atoms with Crippen LogP contribution >= 0.6 is 0 Å². The van der Waals surface area contributed by atoms with Crippen molar-refractivity contribution in [1.29, 1.82) is 0 Å². The molecular formula is C25H23N3O6. The number of imide groups is 1. The fraction of sp³-hybridized carbons (Fsp3) is 0.320. The van der Waals surface area contributed by atoms with Crippen molar-refractivity contribution in [1.82, 2.24) is 4.90 Å². The molecule has 3 heterocycles. The molecule has 0 N–H and O–H groups in total. The first-order valence-electron chi connectivity index (χ1n) is 11.0. The minimum atomic E-state index is -0.966. The summed E-state index contributed by atoms with van der Waals surface area (Å²) < 4.78 is 5.07. The minimum Gasteiger partial charge on any atom is -0.383 e. The lowest BCUT2D eigenvalue weighted by molar-refractivity contribution is -0.384. The van der Waals surface area contributed by atoms with Crippen LogP contribution in [0.4, 0.5) is 11.4 Å². The Kier molecular flexibility index (Phi) is 5.28. The zero-order valence-electron chi connectivity index (χ0n) is 18.7. The highest BCUT2D eigenvalue weighted by Crippen LogP contribution is 2.50. The van der Waals surface area contributed by atoms with Crippen molar-refractivity contribution in [3.8, 4) is 0 Å². The van der Waals surface area contributed by atoms with Crippen LogP contribution in [-0.2, 0) is 14.3 Å². The number of non-ortho nitro benzene ring substituents is 1. The van der Waals surface area contributed by atoms with Crippen LogP contribution in [0.1, 0.15) is 22.8 Å². The number of anilines is 1. The van der Waals surface area contributed by atoms with Crippen LogP contribution in [0.2, 0.25) is 0 Å². The van der Waals surface area contributed by atoms with Crippen LogP contribution in [0.25, 0.3) is 5.57 Å². The molecule has 34 heavy (non-hydrogen) atoms. The van der Waals surface area contributed by atoms with Gasteiger partial charge in [0, 0.05) is 36.1 Å². The van der Waals surface area contributed by atoms with Gasteiger partial charge in [0.15, 0.2) is 5.78 Å². The van der Waals surface area contributed by atoms with Crippen molar-refractivity contribution < 1.29 is 24.0 Å². The number of carbonyl (C=O) groups is 3. The highest BCUT2D eigenvalue weighted by atomic mass is 16.6. The van der Waals surface area contributed by atoms with Gasteiger partial charge in [-0.2, -0.15) is 0 Å². The molecule has 2 aromatic rings. The Hall–Kier alpha value is -3.85. The van der Waals surface area contributed by atoms with E-state index in [4.69, 9.17) is 4.74 Å². The van der Waals surface area contributed by atoms with Crippen LogP contribution in [0.15, 0.2) is 54.6 Å². The Morgan fingerprint density at radius 3 is 2.56 bits per heavy atom. The monoisotopic (exact) mass is 461 g/mol. The molecule has 9 heteroatoms. The molecular weight excluding hydrogens is 438 g/mol. The van der Waals surface area contributed by atoms with Gasteiger partial charge >= 0.3 is 0 Å². The summed E-state index contributed by atoms with van der Waals surface area (Å²) in [4.78, 5) is 54.6. The Bertz CT molecular complexity index is 1250. The smallest absolute Gasteiger partial charge is 0.270 e. The summed E-state index contributed by atoms with van der Waals surface area (Å²) in [5.74, 6) is -2.76. The molecule has 0 spiro atoms. The Morgan fingerprint density at radius 2 is 1.82 bits per heavy atom. The molecule has 2 aromatic carbocycles. The highest BCUT2D eigenvalue weighted by molar-refractivity contribution is 6.14. The second kappa shape index (κ2) is 8.18. The first-order chi connectivity index (χ1) is 16.3. The number of likely N-dealkylation sites (tertiary alicyclic amines) is 1. The topological polar surface area (TPSA) is 110 Å². The van der Waals surface area contributed by atoms with Gasteiger partial charge < -0.3 is 9.64 Å². The van der Waals surface area contributed by atoms with Crippen LogP contribution in [-0.4, -0.2) is 59.8 Å². The van der Waals surface area contributed by atoms with E-state index in [2.05, 4.69) is 0 Å². The third-order valence-electron chi connectivity index (χ3n) is 6.98. The summed E-state index contributed by atoms with van der Waals surface area (Å²) >= 11 is 0. The molecule has 2 amide bonds. The van der Waals surface area contributed by atoms with Crippen LogP contribution in [0, 0.1) is 22.0 Å². The van der Waals surface area contributed by atoms with Crippen molar-refractivity contribution in [2.24, 2.45) is 11.8 Å². The second-order valence-electron chi connectivity index (χ2n) is 8.75. The van der Waals surface area contributed by atoms with Gasteiger partial charge in [0.25, 0.3) is 5.69 Å². The highest BCUT2D eigenvalue weighted by Gasteiger charge is 2.64. The number of nitrogens with zero attached hydrogens (tertiary/aromatic N) is 3. The van der Waals surface area contributed by atoms with E-state index in [1.807, 2.05) is 42.2 Å². The Balaban J connectivity index is 1.65. The summed E-state index contributed by atoms with van der Waals surface area (Å²) in [6, 6.07) is 11.6. The van der Waals surface area contributed by atoms with E-state index in [1.165, 1.54) is 36.3 Å². The summed E-state index contributed by atoms with van der Waals surface area (Å²) in [5.41, 5.74) is 2.59. The summed E-state index contributed by atoms with van der Waals surface area (Å²) in [5, 5.41) is 11.3.